The molecule has 1 aliphatic carbocycles. The summed E-state index contributed by atoms with van der Waals surface area (Å²) in [4.78, 5) is 0. The molecule has 0 aromatic heterocycles. The van der Waals surface area contributed by atoms with Crippen LogP contribution in [0.3, 0.4) is 0 Å². The van der Waals surface area contributed by atoms with Gasteiger partial charge in [-0.2, -0.15) is 0 Å². The van der Waals surface area contributed by atoms with Gasteiger partial charge in [0.25, 0.3) is 0 Å². The van der Waals surface area contributed by atoms with Gasteiger partial charge in [0.15, 0.2) is 0 Å². The van der Waals surface area contributed by atoms with E-state index in [-0.39, 0.29) is 5.60 Å². The SMILES string of the molecule is C=C(CC)CC(NCCC)C1(OCC)CCCCCC1. The lowest BCUT2D eigenvalue weighted by Crippen LogP contribution is -2.53. The predicted molar refractivity (Wildman–Crippen MR) is 88.2 cm³/mol. The Bertz CT molecular complexity index is 267. The molecular formula is C18H35NO. The Hall–Kier alpha value is -0.340. The highest BCUT2D eigenvalue weighted by Gasteiger charge is 2.39. The molecule has 1 N–H and O–H groups in total. The summed E-state index contributed by atoms with van der Waals surface area (Å²) in [6, 6.07) is 0.438. The van der Waals surface area contributed by atoms with E-state index in [2.05, 4.69) is 32.7 Å². The van der Waals surface area contributed by atoms with Crippen molar-refractivity contribution in [1.82, 2.24) is 5.32 Å². The van der Waals surface area contributed by atoms with E-state index in [1.54, 1.807) is 0 Å². The topological polar surface area (TPSA) is 21.3 Å². The van der Waals surface area contributed by atoms with E-state index in [0.29, 0.717) is 6.04 Å². The van der Waals surface area contributed by atoms with Crippen molar-refractivity contribution in [1.29, 1.82) is 0 Å². The van der Waals surface area contributed by atoms with Crippen LogP contribution in [0, 0.1) is 0 Å². The van der Waals surface area contributed by atoms with Gasteiger partial charge in [-0.1, -0.05) is 51.7 Å². The average molecular weight is 281 g/mol. The van der Waals surface area contributed by atoms with Crippen molar-refractivity contribution >= 4 is 0 Å². The van der Waals surface area contributed by atoms with Gasteiger partial charge in [-0.05, 0) is 45.6 Å². The third kappa shape index (κ3) is 5.21. The molecular weight excluding hydrogens is 246 g/mol. The van der Waals surface area contributed by atoms with Crippen molar-refractivity contribution in [2.75, 3.05) is 13.2 Å². The molecule has 1 aliphatic rings. The maximum absolute atomic E-state index is 6.35. The quantitative estimate of drug-likeness (QED) is 0.482. The number of rotatable bonds is 9. The van der Waals surface area contributed by atoms with Crippen LogP contribution in [0.4, 0.5) is 0 Å². The van der Waals surface area contributed by atoms with Crippen molar-refractivity contribution < 1.29 is 4.74 Å². The van der Waals surface area contributed by atoms with Crippen LogP contribution in [0.5, 0.6) is 0 Å². The lowest BCUT2D eigenvalue weighted by molar-refractivity contribution is -0.0767. The summed E-state index contributed by atoms with van der Waals surface area (Å²) < 4.78 is 6.35. The first-order chi connectivity index (χ1) is 9.68. The van der Waals surface area contributed by atoms with Crippen LogP contribution in [0.25, 0.3) is 0 Å². The molecule has 0 spiro atoms. The monoisotopic (exact) mass is 281 g/mol. The van der Waals surface area contributed by atoms with Crippen LogP contribution in [-0.4, -0.2) is 24.8 Å². The fourth-order valence-corrected chi connectivity index (χ4v) is 3.40. The van der Waals surface area contributed by atoms with Gasteiger partial charge in [-0.25, -0.2) is 0 Å². The summed E-state index contributed by atoms with van der Waals surface area (Å²) in [5.41, 5.74) is 1.39. The van der Waals surface area contributed by atoms with Crippen molar-refractivity contribution in [3.05, 3.63) is 12.2 Å². The van der Waals surface area contributed by atoms with Gasteiger partial charge < -0.3 is 10.1 Å². The molecule has 1 atom stereocenters. The zero-order chi connectivity index (χ0) is 14.8. The Kier molecular flexibility index (Phi) is 8.47. The average Bonchev–Trinajstić information content (AvgIpc) is 2.70. The summed E-state index contributed by atoms with van der Waals surface area (Å²) in [7, 11) is 0. The van der Waals surface area contributed by atoms with Crippen molar-refractivity contribution in [2.24, 2.45) is 0 Å². The van der Waals surface area contributed by atoms with E-state index in [9.17, 15) is 0 Å². The van der Waals surface area contributed by atoms with E-state index in [1.165, 1.54) is 50.5 Å². The maximum Gasteiger partial charge on any atom is 0.0837 e. The van der Waals surface area contributed by atoms with Gasteiger partial charge in [0.1, 0.15) is 0 Å². The molecule has 0 bridgehead atoms. The normalized spacial score (nSPS) is 20.4. The minimum Gasteiger partial charge on any atom is -0.374 e. The third-order valence-electron chi connectivity index (χ3n) is 4.65. The van der Waals surface area contributed by atoms with E-state index in [1.807, 2.05) is 0 Å². The van der Waals surface area contributed by atoms with Gasteiger partial charge in [-0.3, -0.25) is 0 Å². The van der Waals surface area contributed by atoms with Crippen molar-refractivity contribution in [3.63, 3.8) is 0 Å². The molecule has 118 valence electrons. The lowest BCUT2D eigenvalue weighted by Gasteiger charge is -2.41. The summed E-state index contributed by atoms with van der Waals surface area (Å²) in [5, 5.41) is 3.77. The standard InChI is InChI=1S/C18H35NO/c1-5-14-19-17(15-16(4)6-2)18(20-7-3)12-10-8-9-11-13-18/h17,19H,4-15H2,1-3H3. The van der Waals surface area contributed by atoms with Crippen LogP contribution in [0.2, 0.25) is 0 Å². The van der Waals surface area contributed by atoms with Crippen LogP contribution in [0.1, 0.15) is 78.6 Å². The molecule has 0 amide bonds. The smallest absolute Gasteiger partial charge is 0.0837 e. The summed E-state index contributed by atoms with van der Waals surface area (Å²) >= 11 is 0. The molecule has 2 heteroatoms. The Morgan fingerprint density at radius 3 is 2.30 bits per heavy atom. The Morgan fingerprint density at radius 2 is 1.80 bits per heavy atom. The highest BCUT2D eigenvalue weighted by molar-refractivity contribution is 5.04. The fourth-order valence-electron chi connectivity index (χ4n) is 3.40. The molecule has 2 nitrogen and oxygen atoms in total. The number of hydrogen-bond donors (Lipinski definition) is 1. The highest BCUT2D eigenvalue weighted by Crippen LogP contribution is 2.36. The molecule has 0 aromatic rings. The van der Waals surface area contributed by atoms with Crippen LogP contribution in [-0.2, 0) is 4.74 Å². The molecule has 1 unspecified atom stereocenters. The molecule has 0 aromatic carbocycles. The van der Waals surface area contributed by atoms with Crippen molar-refractivity contribution in [3.8, 4) is 0 Å². The second kappa shape index (κ2) is 9.57. The van der Waals surface area contributed by atoms with Crippen LogP contribution >= 0.6 is 0 Å². The highest BCUT2D eigenvalue weighted by atomic mass is 16.5. The summed E-state index contributed by atoms with van der Waals surface area (Å²) in [6.07, 6.45) is 11.1. The Balaban J connectivity index is 2.85. The summed E-state index contributed by atoms with van der Waals surface area (Å²) in [5.74, 6) is 0. The first kappa shape index (κ1) is 17.7. The molecule has 0 heterocycles. The van der Waals surface area contributed by atoms with E-state index in [0.717, 1.165) is 26.0 Å². The Morgan fingerprint density at radius 1 is 1.15 bits per heavy atom. The molecule has 1 saturated carbocycles. The maximum atomic E-state index is 6.35. The molecule has 1 rings (SSSR count). The van der Waals surface area contributed by atoms with Gasteiger partial charge in [0.2, 0.25) is 0 Å². The van der Waals surface area contributed by atoms with E-state index >= 15 is 0 Å². The van der Waals surface area contributed by atoms with Crippen LogP contribution < -0.4 is 5.32 Å². The molecule has 20 heavy (non-hydrogen) atoms. The second-order valence-electron chi connectivity index (χ2n) is 6.23. The summed E-state index contributed by atoms with van der Waals surface area (Å²) in [6.45, 7) is 12.7. The molecule has 0 radical (unpaired) electrons. The van der Waals surface area contributed by atoms with Crippen LogP contribution in [0.15, 0.2) is 12.2 Å². The third-order valence-corrected chi connectivity index (χ3v) is 4.65. The van der Waals surface area contributed by atoms with E-state index in [4.69, 9.17) is 4.74 Å². The number of nitrogens with one attached hydrogen (secondary N) is 1. The van der Waals surface area contributed by atoms with Crippen molar-refractivity contribution in [2.45, 2.75) is 90.2 Å². The first-order valence-corrected chi connectivity index (χ1v) is 8.72. The minimum atomic E-state index is 0.0402. The van der Waals surface area contributed by atoms with Gasteiger partial charge >= 0.3 is 0 Å². The fraction of sp³-hybridized carbons (Fsp3) is 0.889. The van der Waals surface area contributed by atoms with E-state index < -0.39 is 0 Å². The Labute approximate surface area is 126 Å². The van der Waals surface area contributed by atoms with Gasteiger partial charge in [-0.15, -0.1) is 0 Å². The number of ether oxygens (including phenoxy) is 1. The molecule has 0 aliphatic heterocycles. The molecule has 0 saturated heterocycles. The second-order valence-corrected chi connectivity index (χ2v) is 6.23. The number of hydrogen-bond acceptors (Lipinski definition) is 2. The van der Waals surface area contributed by atoms with Gasteiger partial charge in [0.05, 0.1) is 5.60 Å². The predicted octanol–water partition coefficient (Wildman–Crippen LogP) is 4.84. The molecule has 1 fully saturated rings. The zero-order valence-corrected chi connectivity index (χ0v) is 14.0. The lowest BCUT2D eigenvalue weighted by atomic mass is 9.82. The zero-order valence-electron chi connectivity index (χ0n) is 14.0. The minimum absolute atomic E-state index is 0.0402. The largest absolute Gasteiger partial charge is 0.374 e. The first-order valence-electron chi connectivity index (χ1n) is 8.72. The van der Waals surface area contributed by atoms with Gasteiger partial charge in [0, 0.05) is 12.6 Å².